The van der Waals surface area contributed by atoms with Crippen molar-refractivity contribution in [1.82, 2.24) is 9.88 Å². The Kier molecular flexibility index (Phi) is 4.48. The summed E-state index contributed by atoms with van der Waals surface area (Å²) in [6.45, 7) is 7.29. The highest BCUT2D eigenvalue weighted by atomic mass is 15.1. The molecule has 3 heteroatoms. The molecule has 0 radical (unpaired) electrons. The number of nitrogens with zero attached hydrogens (tertiary/aromatic N) is 2. The van der Waals surface area contributed by atoms with Crippen molar-refractivity contribution in [3.8, 4) is 22.4 Å². The number of anilines is 1. The lowest BCUT2D eigenvalue weighted by molar-refractivity contribution is 0.269. The molecule has 0 saturated carbocycles. The van der Waals surface area contributed by atoms with Crippen LogP contribution in [0, 0.1) is 6.92 Å². The van der Waals surface area contributed by atoms with Gasteiger partial charge in [0.05, 0.1) is 5.69 Å². The standard InChI is InChI=1S/C23H25N3/c1-3-26-13-12-18-19(17-9-5-4-6-10-17)14-20(23(24)21(18)15-26)22-11-7-8-16(2)25-22/h4-11,14H,3,12-13,15,24H2,1-2H3. The van der Waals surface area contributed by atoms with Gasteiger partial charge in [-0.2, -0.15) is 0 Å². The lowest BCUT2D eigenvalue weighted by atomic mass is 9.86. The van der Waals surface area contributed by atoms with Crippen LogP contribution in [-0.4, -0.2) is 23.0 Å². The van der Waals surface area contributed by atoms with E-state index in [9.17, 15) is 0 Å². The maximum atomic E-state index is 6.68. The summed E-state index contributed by atoms with van der Waals surface area (Å²) >= 11 is 0. The Morgan fingerprint density at radius 3 is 2.54 bits per heavy atom. The van der Waals surface area contributed by atoms with Crippen molar-refractivity contribution in [3.05, 3.63) is 71.4 Å². The fourth-order valence-electron chi connectivity index (χ4n) is 3.89. The van der Waals surface area contributed by atoms with Crippen LogP contribution >= 0.6 is 0 Å². The summed E-state index contributed by atoms with van der Waals surface area (Å²) in [6.07, 6.45) is 1.04. The molecule has 4 rings (SSSR count). The van der Waals surface area contributed by atoms with Gasteiger partial charge < -0.3 is 5.73 Å². The molecule has 2 aromatic carbocycles. The summed E-state index contributed by atoms with van der Waals surface area (Å²) in [7, 11) is 0. The van der Waals surface area contributed by atoms with Gasteiger partial charge in [-0.1, -0.05) is 43.3 Å². The van der Waals surface area contributed by atoms with Gasteiger partial charge in [-0.05, 0) is 60.3 Å². The molecular formula is C23H25N3. The van der Waals surface area contributed by atoms with Crippen LogP contribution in [0.15, 0.2) is 54.6 Å². The molecule has 0 amide bonds. The molecule has 1 aliphatic heterocycles. The number of benzene rings is 2. The Hall–Kier alpha value is -2.65. The number of aromatic nitrogens is 1. The smallest absolute Gasteiger partial charge is 0.0726 e. The summed E-state index contributed by atoms with van der Waals surface area (Å²) in [5, 5.41) is 0. The molecule has 3 nitrogen and oxygen atoms in total. The molecule has 2 heterocycles. The number of hydrogen-bond donors (Lipinski definition) is 1. The Morgan fingerprint density at radius 1 is 1.00 bits per heavy atom. The molecule has 0 saturated heterocycles. The molecular weight excluding hydrogens is 318 g/mol. The maximum Gasteiger partial charge on any atom is 0.0726 e. The zero-order chi connectivity index (χ0) is 18.1. The fourth-order valence-corrected chi connectivity index (χ4v) is 3.89. The van der Waals surface area contributed by atoms with Crippen LogP contribution in [0.4, 0.5) is 5.69 Å². The van der Waals surface area contributed by atoms with Crippen molar-refractivity contribution in [2.75, 3.05) is 18.8 Å². The second-order valence-electron chi connectivity index (χ2n) is 6.99. The highest BCUT2D eigenvalue weighted by molar-refractivity contribution is 5.85. The van der Waals surface area contributed by atoms with Crippen LogP contribution in [-0.2, 0) is 13.0 Å². The molecule has 0 bridgehead atoms. The van der Waals surface area contributed by atoms with Gasteiger partial charge in [0.2, 0.25) is 0 Å². The summed E-state index contributed by atoms with van der Waals surface area (Å²) in [5.41, 5.74) is 15.8. The van der Waals surface area contributed by atoms with Crippen molar-refractivity contribution >= 4 is 5.69 Å². The summed E-state index contributed by atoms with van der Waals surface area (Å²) in [6, 6.07) is 19.0. The average Bonchev–Trinajstić information content (AvgIpc) is 2.69. The Bertz CT molecular complexity index is 932. The topological polar surface area (TPSA) is 42.2 Å². The number of nitrogen functional groups attached to an aromatic ring is 1. The molecule has 132 valence electrons. The van der Waals surface area contributed by atoms with E-state index in [1.165, 1.54) is 22.3 Å². The summed E-state index contributed by atoms with van der Waals surface area (Å²) < 4.78 is 0. The SMILES string of the molecule is CCN1CCc2c(-c3ccccc3)cc(-c3cccc(C)n3)c(N)c2C1. The van der Waals surface area contributed by atoms with Gasteiger partial charge in [-0.3, -0.25) is 9.88 Å². The van der Waals surface area contributed by atoms with Crippen LogP contribution in [0.5, 0.6) is 0 Å². The minimum Gasteiger partial charge on any atom is -0.398 e. The minimum atomic E-state index is 0.885. The number of rotatable bonds is 3. The van der Waals surface area contributed by atoms with Gasteiger partial charge in [-0.15, -0.1) is 0 Å². The average molecular weight is 343 g/mol. The second-order valence-corrected chi connectivity index (χ2v) is 6.99. The molecule has 0 fully saturated rings. The van der Waals surface area contributed by atoms with E-state index in [1.807, 2.05) is 13.0 Å². The number of hydrogen-bond acceptors (Lipinski definition) is 3. The van der Waals surface area contributed by atoms with E-state index in [0.29, 0.717) is 0 Å². The first-order valence-electron chi connectivity index (χ1n) is 9.33. The third kappa shape index (κ3) is 2.99. The van der Waals surface area contributed by atoms with E-state index >= 15 is 0 Å². The van der Waals surface area contributed by atoms with Gasteiger partial charge in [-0.25, -0.2) is 0 Å². The fraction of sp³-hybridized carbons (Fsp3) is 0.261. The van der Waals surface area contributed by atoms with Crippen LogP contribution < -0.4 is 5.73 Å². The first-order chi connectivity index (χ1) is 12.7. The number of pyridine rings is 1. The van der Waals surface area contributed by atoms with Gasteiger partial charge >= 0.3 is 0 Å². The second kappa shape index (κ2) is 6.93. The molecule has 3 aromatic rings. The normalized spacial score (nSPS) is 14.2. The zero-order valence-electron chi connectivity index (χ0n) is 15.5. The van der Waals surface area contributed by atoms with E-state index in [-0.39, 0.29) is 0 Å². The molecule has 1 aromatic heterocycles. The molecule has 26 heavy (non-hydrogen) atoms. The Balaban J connectivity index is 1.96. The number of likely N-dealkylation sites (N-methyl/N-ethyl adjacent to an activating group) is 1. The molecule has 0 unspecified atom stereocenters. The van der Waals surface area contributed by atoms with E-state index in [1.54, 1.807) is 0 Å². The molecule has 0 atom stereocenters. The summed E-state index contributed by atoms with van der Waals surface area (Å²) in [5.74, 6) is 0. The minimum absolute atomic E-state index is 0.885. The monoisotopic (exact) mass is 343 g/mol. The highest BCUT2D eigenvalue weighted by Gasteiger charge is 2.23. The van der Waals surface area contributed by atoms with Crippen LogP contribution in [0.3, 0.4) is 0 Å². The van der Waals surface area contributed by atoms with Crippen molar-refractivity contribution in [3.63, 3.8) is 0 Å². The van der Waals surface area contributed by atoms with Gasteiger partial charge in [0, 0.05) is 30.0 Å². The van der Waals surface area contributed by atoms with Gasteiger partial charge in [0.15, 0.2) is 0 Å². The van der Waals surface area contributed by atoms with E-state index in [2.05, 4.69) is 60.4 Å². The third-order valence-electron chi connectivity index (χ3n) is 5.35. The number of fused-ring (bicyclic) bond motifs is 1. The lowest BCUT2D eigenvalue weighted by Gasteiger charge is -2.31. The van der Waals surface area contributed by atoms with Crippen LogP contribution in [0.2, 0.25) is 0 Å². The van der Waals surface area contributed by atoms with E-state index in [0.717, 1.165) is 48.7 Å². The third-order valence-corrected chi connectivity index (χ3v) is 5.35. The van der Waals surface area contributed by atoms with Gasteiger partial charge in [0.1, 0.15) is 0 Å². The van der Waals surface area contributed by atoms with Crippen molar-refractivity contribution < 1.29 is 0 Å². The van der Waals surface area contributed by atoms with Crippen molar-refractivity contribution in [2.45, 2.75) is 26.8 Å². The van der Waals surface area contributed by atoms with Crippen LogP contribution in [0.1, 0.15) is 23.7 Å². The highest BCUT2D eigenvalue weighted by Crippen LogP contribution is 2.39. The molecule has 2 N–H and O–H groups in total. The quantitative estimate of drug-likeness (QED) is 0.702. The van der Waals surface area contributed by atoms with Gasteiger partial charge in [0.25, 0.3) is 0 Å². The Labute approximate surface area is 155 Å². The molecule has 0 spiro atoms. The molecule has 0 aliphatic carbocycles. The largest absolute Gasteiger partial charge is 0.398 e. The first kappa shape index (κ1) is 16.8. The van der Waals surface area contributed by atoms with Crippen molar-refractivity contribution in [1.29, 1.82) is 0 Å². The maximum absolute atomic E-state index is 6.68. The molecule has 1 aliphatic rings. The lowest BCUT2D eigenvalue weighted by Crippen LogP contribution is -2.31. The Morgan fingerprint density at radius 2 is 1.81 bits per heavy atom. The van der Waals surface area contributed by atoms with Crippen LogP contribution in [0.25, 0.3) is 22.4 Å². The summed E-state index contributed by atoms with van der Waals surface area (Å²) in [4.78, 5) is 7.19. The zero-order valence-corrected chi connectivity index (χ0v) is 15.5. The predicted octanol–water partition coefficient (Wildman–Crippen LogP) is 4.68. The number of aryl methyl sites for hydroxylation is 1. The number of nitrogens with two attached hydrogens (primary N) is 1. The van der Waals surface area contributed by atoms with E-state index < -0.39 is 0 Å². The predicted molar refractivity (Wildman–Crippen MR) is 109 cm³/mol. The van der Waals surface area contributed by atoms with E-state index in [4.69, 9.17) is 10.7 Å². The van der Waals surface area contributed by atoms with Crippen molar-refractivity contribution in [2.24, 2.45) is 0 Å². The first-order valence-corrected chi connectivity index (χ1v) is 9.33.